The Morgan fingerprint density at radius 1 is 1.21 bits per heavy atom. The molecule has 6 nitrogen and oxygen atoms in total. The SMILES string of the molecule is O=C(c1cnccn1)N1CCC2(CCN(Cc3ccoc3)CC2)C1. The van der Waals surface area contributed by atoms with Crippen molar-refractivity contribution < 1.29 is 9.21 Å². The summed E-state index contributed by atoms with van der Waals surface area (Å²) in [5.74, 6) is 0.0146. The molecule has 2 aliphatic rings. The molecule has 2 aromatic rings. The lowest BCUT2D eigenvalue weighted by atomic mass is 9.77. The van der Waals surface area contributed by atoms with E-state index in [9.17, 15) is 4.79 Å². The molecule has 0 aliphatic carbocycles. The Hall–Kier alpha value is -2.21. The first-order valence-electron chi connectivity index (χ1n) is 8.53. The molecule has 0 radical (unpaired) electrons. The predicted molar refractivity (Wildman–Crippen MR) is 88.2 cm³/mol. The van der Waals surface area contributed by atoms with Crippen molar-refractivity contribution in [3.05, 3.63) is 48.4 Å². The van der Waals surface area contributed by atoms with Crippen molar-refractivity contribution in [3.63, 3.8) is 0 Å². The highest BCUT2D eigenvalue weighted by atomic mass is 16.3. The van der Waals surface area contributed by atoms with Crippen LogP contribution in [0.5, 0.6) is 0 Å². The standard InChI is InChI=1S/C18H22N4O2/c23-17(16-11-19-5-6-20-16)22-9-4-18(14-22)2-7-21(8-3-18)12-15-1-10-24-13-15/h1,5-6,10-11,13H,2-4,7-9,12,14H2. The quantitative estimate of drug-likeness (QED) is 0.865. The minimum absolute atomic E-state index is 0.0146. The monoisotopic (exact) mass is 326 g/mol. The maximum Gasteiger partial charge on any atom is 0.274 e. The molecule has 6 heteroatoms. The fourth-order valence-corrected chi connectivity index (χ4v) is 3.91. The van der Waals surface area contributed by atoms with Crippen molar-refractivity contribution in [1.29, 1.82) is 0 Å². The van der Waals surface area contributed by atoms with Crippen LogP contribution in [-0.2, 0) is 6.54 Å². The number of carbonyl (C=O) groups is 1. The number of hydrogen-bond donors (Lipinski definition) is 0. The molecule has 2 aliphatic heterocycles. The molecule has 24 heavy (non-hydrogen) atoms. The molecule has 1 amide bonds. The summed E-state index contributed by atoms with van der Waals surface area (Å²) in [4.78, 5) is 25.1. The number of aromatic nitrogens is 2. The van der Waals surface area contributed by atoms with Crippen LogP contribution < -0.4 is 0 Å². The van der Waals surface area contributed by atoms with Gasteiger partial charge < -0.3 is 9.32 Å². The van der Waals surface area contributed by atoms with Crippen molar-refractivity contribution in [2.45, 2.75) is 25.8 Å². The van der Waals surface area contributed by atoms with Gasteiger partial charge in [0, 0.05) is 37.6 Å². The zero-order valence-corrected chi connectivity index (χ0v) is 13.7. The smallest absolute Gasteiger partial charge is 0.274 e. The van der Waals surface area contributed by atoms with Gasteiger partial charge in [0.2, 0.25) is 0 Å². The third-order valence-corrected chi connectivity index (χ3v) is 5.41. The number of carbonyl (C=O) groups excluding carboxylic acids is 1. The molecule has 0 atom stereocenters. The molecule has 126 valence electrons. The van der Waals surface area contributed by atoms with Crippen molar-refractivity contribution >= 4 is 5.91 Å². The van der Waals surface area contributed by atoms with E-state index in [2.05, 4.69) is 14.9 Å². The number of likely N-dealkylation sites (tertiary alicyclic amines) is 2. The van der Waals surface area contributed by atoms with Gasteiger partial charge in [-0.25, -0.2) is 4.98 Å². The van der Waals surface area contributed by atoms with Crippen LogP contribution in [0.4, 0.5) is 0 Å². The van der Waals surface area contributed by atoms with Crippen LogP contribution in [0.3, 0.4) is 0 Å². The highest BCUT2D eigenvalue weighted by Gasteiger charge is 2.42. The Morgan fingerprint density at radius 3 is 2.75 bits per heavy atom. The number of hydrogen-bond acceptors (Lipinski definition) is 5. The molecular formula is C18H22N4O2. The van der Waals surface area contributed by atoms with Gasteiger partial charge in [-0.05, 0) is 43.8 Å². The van der Waals surface area contributed by atoms with E-state index in [0.29, 0.717) is 5.69 Å². The molecule has 2 fully saturated rings. The van der Waals surface area contributed by atoms with Crippen LogP contribution in [0, 0.1) is 5.41 Å². The molecular weight excluding hydrogens is 304 g/mol. The molecule has 2 saturated heterocycles. The summed E-state index contributed by atoms with van der Waals surface area (Å²) in [5, 5.41) is 0. The summed E-state index contributed by atoms with van der Waals surface area (Å²) >= 11 is 0. The Bertz CT molecular complexity index is 678. The largest absolute Gasteiger partial charge is 0.472 e. The van der Waals surface area contributed by atoms with E-state index in [1.165, 1.54) is 5.56 Å². The number of rotatable bonds is 3. The Kier molecular flexibility index (Phi) is 4.06. The summed E-state index contributed by atoms with van der Waals surface area (Å²) < 4.78 is 5.15. The second-order valence-electron chi connectivity index (χ2n) is 6.98. The minimum atomic E-state index is 0.0146. The average Bonchev–Trinajstić information content (AvgIpc) is 3.28. The van der Waals surface area contributed by atoms with E-state index < -0.39 is 0 Å². The van der Waals surface area contributed by atoms with E-state index in [-0.39, 0.29) is 11.3 Å². The Balaban J connectivity index is 1.34. The number of amides is 1. The number of piperidine rings is 1. The maximum atomic E-state index is 12.6. The number of nitrogens with zero attached hydrogens (tertiary/aromatic N) is 4. The van der Waals surface area contributed by atoms with Crippen molar-refractivity contribution in [2.24, 2.45) is 5.41 Å². The maximum absolute atomic E-state index is 12.6. The lowest BCUT2D eigenvalue weighted by Gasteiger charge is -2.39. The summed E-state index contributed by atoms with van der Waals surface area (Å²) in [6, 6.07) is 2.03. The van der Waals surface area contributed by atoms with Crippen LogP contribution >= 0.6 is 0 Å². The van der Waals surface area contributed by atoms with Gasteiger partial charge >= 0.3 is 0 Å². The third-order valence-electron chi connectivity index (χ3n) is 5.41. The Morgan fingerprint density at radius 2 is 2.04 bits per heavy atom. The van der Waals surface area contributed by atoms with E-state index in [1.807, 2.05) is 17.2 Å². The summed E-state index contributed by atoms with van der Waals surface area (Å²) in [6.07, 6.45) is 11.7. The average molecular weight is 326 g/mol. The first-order valence-corrected chi connectivity index (χ1v) is 8.53. The molecule has 0 aromatic carbocycles. The van der Waals surface area contributed by atoms with Crippen LogP contribution in [0.1, 0.15) is 35.3 Å². The molecule has 4 heterocycles. The van der Waals surface area contributed by atoms with Crippen LogP contribution in [0.25, 0.3) is 0 Å². The first-order chi connectivity index (χ1) is 11.7. The summed E-state index contributed by atoms with van der Waals surface area (Å²) in [5.41, 5.74) is 1.97. The molecule has 0 N–H and O–H groups in total. The van der Waals surface area contributed by atoms with Gasteiger partial charge in [0.15, 0.2) is 0 Å². The summed E-state index contributed by atoms with van der Waals surface area (Å²) in [6.45, 7) is 4.80. The van der Waals surface area contributed by atoms with Gasteiger partial charge in [0.05, 0.1) is 18.7 Å². The molecule has 1 spiro atoms. The fraction of sp³-hybridized carbons (Fsp3) is 0.500. The van der Waals surface area contributed by atoms with Gasteiger partial charge in [-0.3, -0.25) is 14.7 Å². The van der Waals surface area contributed by atoms with Crippen molar-refractivity contribution in [1.82, 2.24) is 19.8 Å². The third kappa shape index (κ3) is 3.06. The second-order valence-corrected chi connectivity index (χ2v) is 6.98. The van der Waals surface area contributed by atoms with Gasteiger partial charge in [-0.15, -0.1) is 0 Å². The van der Waals surface area contributed by atoms with E-state index in [1.54, 1.807) is 24.9 Å². The highest BCUT2D eigenvalue weighted by molar-refractivity contribution is 5.92. The second kappa shape index (κ2) is 6.36. The van der Waals surface area contributed by atoms with Gasteiger partial charge in [-0.1, -0.05) is 0 Å². The van der Waals surface area contributed by atoms with Crippen LogP contribution in [-0.4, -0.2) is 51.9 Å². The van der Waals surface area contributed by atoms with Crippen LogP contribution in [0.15, 0.2) is 41.6 Å². The number of furan rings is 1. The van der Waals surface area contributed by atoms with E-state index >= 15 is 0 Å². The van der Waals surface area contributed by atoms with Crippen molar-refractivity contribution in [3.8, 4) is 0 Å². The van der Waals surface area contributed by atoms with Gasteiger partial charge in [-0.2, -0.15) is 0 Å². The van der Waals surface area contributed by atoms with Crippen molar-refractivity contribution in [2.75, 3.05) is 26.2 Å². The summed E-state index contributed by atoms with van der Waals surface area (Å²) in [7, 11) is 0. The van der Waals surface area contributed by atoms with Gasteiger partial charge in [0.1, 0.15) is 5.69 Å². The lowest BCUT2D eigenvalue weighted by molar-refractivity contribution is 0.0708. The minimum Gasteiger partial charge on any atom is -0.472 e. The Labute approximate surface area is 141 Å². The highest BCUT2D eigenvalue weighted by Crippen LogP contribution is 2.40. The first kappa shape index (κ1) is 15.3. The van der Waals surface area contributed by atoms with Gasteiger partial charge in [0.25, 0.3) is 5.91 Å². The molecule has 0 unspecified atom stereocenters. The fourth-order valence-electron chi connectivity index (χ4n) is 3.91. The molecule has 0 bridgehead atoms. The normalized spacial score (nSPS) is 20.6. The van der Waals surface area contributed by atoms with E-state index in [0.717, 1.165) is 52.0 Å². The zero-order valence-electron chi connectivity index (χ0n) is 13.7. The van der Waals surface area contributed by atoms with E-state index in [4.69, 9.17) is 4.42 Å². The molecule has 2 aromatic heterocycles. The molecule has 0 saturated carbocycles. The topological polar surface area (TPSA) is 62.5 Å². The lowest BCUT2D eigenvalue weighted by Crippen LogP contribution is -2.42. The zero-order chi connectivity index (χ0) is 16.4. The predicted octanol–water partition coefficient (Wildman–Crippen LogP) is 2.20. The van der Waals surface area contributed by atoms with Crippen LogP contribution in [0.2, 0.25) is 0 Å². The molecule has 4 rings (SSSR count).